The van der Waals surface area contributed by atoms with E-state index in [0.29, 0.717) is 5.56 Å². The minimum atomic E-state index is -1.40. The van der Waals surface area contributed by atoms with Crippen LogP contribution in [0.5, 0.6) is 0 Å². The lowest BCUT2D eigenvalue weighted by molar-refractivity contribution is -0.148. The van der Waals surface area contributed by atoms with Crippen LogP contribution >= 0.6 is 0 Å². The molecule has 3 rings (SSSR count). The average Bonchev–Trinajstić information content (AvgIpc) is 2.97. The number of H-pyrrole nitrogens is 1. The molecule has 0 amide bonds. The molecule has 0 aliphatic heterocycles. The molecule has 0 saturated carbocycles. The molecule has 2 N–H and O–H groups in total. The van der Waals surface area contributed by atoms with E-state index in [0.717, 1.165) is 0 Å². The number of carbonyl (C=O) groups is 2. The molecule has 106 valence electrons. The number of hydrogen-bond donors (Lipinski definition) is 2. The number of aliphatic carboxylic acids is 1. The first kappa shape index (κ1) is 14.5. The monoisotopic (exact) mass is 282 g/mol. The molecule has 5 nitrogen and oxygen atoms in total. The quantitative estimate of drug-likeness (QED) is 0.723. The predicted molar refractivity (Wildman–Crippen MR) is 78.9 cm³/mol. The van der Waals surface area contributed by atoms with Crippen molar-refractivity contribution < 1.29 is 14.7 Å². The SMILES string of the molecule is O=C(O)C(=O)Cc1cccnc1.c1ccc2[nH]ccc2c1. The molecule has 21 heavy (non-hydrogen) atoms. The highest BCUT2D eigenvalue weighted by molar-refractivity contribution is 6.33. The van der Waals surface area contributed by atoms with Crippen molar-refractivity contribution >= 4 is 22.7 Å². The predicted octanol–water partition coefficient (Wildman–Crippen LogP) is 2.45. The average molecular weight is 282 g/mol. The number of para-hydroxylation sites is 1. The van der Waals surface area contributed by atoms with Gasteiger partial charge in [-0.2, -0.15) is 0 Å². The number of carbonyl (C=O) groups excluding carboxylic acids is 1. The van der Waals surface area contributed by atoms with Crippen molar-refractivity contribution in [2.45, 2.75) is 6.42 Å². The highest BCUT2D eigenvalue weighted by Gasteiger charge is 2.11. The van der Waals surface area contributed by atoms with Gasteiger partial charge >= 0.3 is 5.97 Å². The summed E-state index contributed by atoms with van der Waals surface area (Å²) in [6.45, 7) is 0. The van der Waals surface area contributed by atoms with Gasteiger partial charge < -0.3 is 10.1 Å². The first-order valence-corrected chi connectivity index (χ1v) is 6.34. The molecule has 0 saturated heterocycles. The zero-order chi connectivity index (χ0) is 15.1. The number of carboxylic acid groups (broad SMARTS) is 1. The maximum Gasteiger partial charge on any atom is 0.372 e. The summed E-state index contributed by atoms with van der Waals surface area (Å²) < 4.78 is 0. The number of benzene rings is 1. The lowest BCUT2D eigenvalue weighted by atomic mass is 10.1. The van der Waals surface area contributed by atoms with Crippen molar-refractivity contribution in [3.63, 3.8) is 0 Å². The number of rotatable bonds is 3. The van der Waals surface area contributed by atoms with Gasteiger partial charge in [-0.15, -0.1) is 0 Å². The van der Waals surface area contributed by atoms with Crippen LogP contribution in [-0.4, -0.2) is 26.8 Å². The summed E-state index contributed by atoms with van der Waals surface area (Å²) in [5.41, 5.74) is 1.82. The fourth-order valence-electron chi connectivity index (χ4n) is 1.76. The van der Waals surface area contributed by atoms with Crippen LogP contribution in [-0.2, 0) is 16.0 Å². The summed E-state index contributed by atoms with van der Waals surface area (Å²) >= 11 is 0. The number of aromatic nitrogens is 2. The molecular formula is C16H14N2O3. The largest absolute Gasteiger partial charge is 0.475 e. The Hall–Kier alpha value is -2.95. The Bertz CT molecular complexity index is 705. The third kappa shape index (κ3) is 4.28. The first-order chi connectivity index (χ1) is 10.2. The van der Waals surface area contributed by atoms with Crippen molar-refractivity contribution in [1.82, 2.24) is 9.97 Å². The minimum Gasteiger partial charge on any atom is -0.475 e. The zero-order valence-corrected chi connectivity index (χ0v) is 11.2. The standard InChI is InChI=1S/C8H7NO3.C8H7N/c10-7(8(11)12)4-6-2-1-3-9-5-6;1-2-4-8-7(3-1)5-6-9-8/h1-3,5H,4H2,(H,11,12);1-6,9H. The van der Waals surface area contributed by atoms with Crippen LogP contribution in [0.15, 0.2) is 61.1 Å². The van der Waals surface area contributed by atoms with Crippen LogP contribution in [0, 0.1) is 0 Å². The molecule has 0 bridgehead atoms. The number of Topliss-reactive ketones (excluding diaryl/α,β-unsaturated/α-hetero) is 1. The van der Waals surface area contributed by atoms with Crippen LogP contribution in [0.2, 0.25) is 0 Å². The highest BCUT2D eigenvalue weighted by atomic mass is 16.4. The van der Waals surface area contributed by atoms with Gasteiger partial charge in [-0.1, -0.05) is 24.3 Å². The summed E-state index contributed by atoms with van der Waals surface area (Å²) in [5.74, 6) is -2.22. The summed E-state index contributed by atoms with van der Waals surface area (Å²) in [7, 11) is 0. The summed E-state index contributed by atoms with van der Waals surface area (Å²) in [5, 5.41) is 9.55. The number of ketones is 1. The molecule has 0 aliphatic carbocycles. The molecule has 0 spiro atoms. The number of fused-ring (bicyclic) bond motifs is 1. The van der Waals surface area contributed by atoms with E-state index < -0.39 is 11.8 Å². The second-order valence-electron chi connectivity index (χ2n) is 4.33. The van der Waals surface area contributed by atoms with Crippen LogP contribution in [0.1, 0.15) is 5.56 Å². The molecule has 0 radical (unpaired) electrons. The normalized spacial score (nSPS) is 9.71. The molecule has 2 aromatic heterocycles. The van der Waals surface area contributed by atoms with Crippen LogP contribution in [0.25, 0.3) is 10.9 Å². The van der Waals surface area contributed by atoms with Gasteiger partial charge in [0.25, 0.3) is 0 Å². The molecule has 1 aromatic carbocycles. The Labute approximate surface area is 121 Å². The van der Waals surface area contributed by atoms with Gasteiger partial charge in [0, 0.05) is 30.5 Å². The van der Waals surface area contributed by atoms with E-state index in [1.54, 1.807) is 18.3 Å². The number of carboxylic acids is 1. The fourth-order valence-corrected chi connectivity index (χ4v) is 1.76. The van der Waals surface area contributed by atoms with Gasteiger partial charge in [-0.25, -0.2) is 4.79 Å². The topological polar surface area (TPSA) is 83.0 Å². The Morgan fingerprint density at radius 1 is 1.10 bits per heavy atom. The second-order valence-corrected chi connectivity index (χ2v) is 4.33. The minimum absolute atomic E-state index is 0.0941. The van der Waals surface area contributed by atoms with Crippen molar-refractivity contribution in [1.29, 1.82) is 0 Å². The van der Waals surface area contributed by atoms with Crippen LogP contribution < -0.4 is 0 Å². The van der Waals surface area contributed by atoms with Crippen molar-refractivity contribution in [2.24, 2.45) is 0 Å². The molecular weight excluding hydrogens is 268 g/mol. The Balaban J connectivity index is 0.000000159. The van der Waals surface area contributed by atoms with Crippen LogP contribution in [0.3, 0.4) is 0 Å². The lowest BCUT2D eigenvalue weighted by Gasteiger charge is -1.94. The zero-order valence-electron chi connectivity index (χ0n) is 11.2. The van der Waals surface area contributed by atoms with Gasteiger partial charge in [-0.05, 0) is 29.1 Å². The Kier molecular flexibility index (Phi) is 4.82. The maximum atomic E-state index is 10.7. The van der Waals surface area contributed by atoms with Gasteiger partial charge in [0.2, 0.25) is 5.78 Å². The Morgan fingerprint density at radius 3 is 2.57 bits per heavy atom. The first-order valence-electron chi connectivity index (χ1n) is 6.34. The molecule has 0 fully saturated rings. The summed E-state index contributed by atoms with van der Waals surface area (Å²) in [6, 6.07) is 13.6. The van der Waals surface area contributed by atoms with Gasteiger partial charge in [0.15, 0.2) is 0 Å². The maximum absolute atomic E-state index is 10.7. The third-order valence-electron chi connectivity index (χ3n) is 2.79. The second kappa shape index (κ2) is 7.00. The van der Waals surface area contributed by atoms with Gasteiger partial charge in [0.05, 0.1) is 0 Å². The lowest BCUT2D eigenvalue weighted by Crippen LogP contribution is -2.14. The highest BCUT2D eigenvalue weighted by Crippen LogP contribution is 2.09. The van der Waals surface area contributed by atoms with E-state index in [1.807, 2.05) is 18.3 Å². The van der Waals surface area contributed by atoms with E-state index in [2.05, 4.69) is 28.2 Å². The van der Waals surface area contributed by atoms with Crippen molar-refractivity contribution in [3.05, 3.63) is 66.6 Å². The van der Waals surface area contributed by atoms with Crippen molar-refractivity contribution in [2.75, 3.05) is 0 Å². The molecule has 0 unspecified atom stereocenters. The van der Waals surface area contributed by atoms with Crippen molar-refractivity contribution in [3.8, 4) is 0 Å². The van der Waals surface area contributed by atoms with Gasteiger partial charge in [0.1, 0.15) is 0 Å². The molecule has 2 heterocycles. The number of aromatic amines is 1. The number of hydrogen-bond acceptors (Lipinski definition) is 3. The molecule has 5 heteroatoms. The molecule has 3 aromatic rings. The number of nitrogens with one attached hydrogen (secondary N) is 1. The van der Waals surface area contributed by atoms with E-state index in [1.165, 1.54) is 17.1 Å². The number of pyridine rings is 1. The smallest absolute Gasteiger partial charge is 0.372 e. The third-order valence-corrected chi connectivity index (χ3v) is 2.79. The van der Waals surface area contributed by atoms with E-state index in [4.69, 9.17) is 5.11 Å². The number of nitrogens with zero attached hydrogens (tertiary/aromatic N) is 1. The van der Waals surface area contributed by atoms with Crippen LogP contribution in [0.4, 0.5) is 0 Å². The Morgan fingerprint density at radius 2 is 1.90 bits per heavy atom. The van der Waals surface area contributed by atoms with Gasteiger partial charge in [-0.3, -0.25) is 9.78 Å². The van der Waals surface area contributed by atoms with E-state index >= 15 is 0 Å². The molecule has 0 aliphatic rings. The summed E-state index contributed by atoms with van der Waals surface area (Å²) in [6.07, 6.45) is 4.89. The molecule has 0 atom stereocenters. The van der Waals surface area contributed by atoms with E-state index in [-0.39, 0.29) is 6.42 Å². The fraction of sp³-hybridized carbons (Fsp3) is 0.0625. The van der Waals surface area contributed by atoms with E-state index in [9.17, 15) is 9.59 Å². The summed E-state index contributed by atoms with van der Waals surface area (Å²) in [4.78, 5) is 27.7.